The standard InChI is InChI=1S/C51H32OS/c1-31-29-30-45(53-31)50-39-23-11-9-21-37(39)48(38-22-10-12-24-40(38)50)42-26-13-27-43-49-41(25-14-28-44(49)52-51(42)43)47-35-19-7-5-17-33(35)46(32-15-3-2-4-16-32)34-18-6-8-20-36(34)47/h2-30H,1H3. The Morgan fingerprint density at radius 3 is 1.36 bits per heavy atom. The molecule has 0 saturated heterocycles. The average molecular weight is 693 g/mol. The van der Waals surface area contributed by atoms with Crippen molar-refractivity contribution in [3.63, 3.8) is 0 Å². The number of thiophene rings is 1. The Bertz CT molecular complexity index is 3120. The van der Waals surface area contributed by atoms with E-state index in [2.05, 4.69) is 183 Å². The Kier molecular flexibility index (Phi) is 6.71. The Balaban J connectivity index is 1.24. The smallest absolute Gasteiger partial charge is 0.143 e. The summed E-state index contributed by atoms with van der Waals surface area (Å²) in [5.74, 6) is 0. The molecule has 53 heavy (non-hydrogen) atoms. The topological polar surface area (TPSA) is 13.1 Å². The lowest BCUT2D eigenvalue weighted by molar-refractivity contribution is 0.670. The Labute approximate surface area is 311 Å². The van der Waals surface area contributed by atoms with Crippen LogP contribution in [0.5, 0.6) is 0 Å². The van der Waals surface area contributed by atoms with Gasteiger partial charge in [0, 0.05) is 37.2 Å². The van der Waals surface area contributed by atoms with Crippen LogP contribution >= 0.6 is 11.3 Å². The zero-order valence-corrected chi connectivity index (χ0v) is 29.9. The Morgan fingerprint density at radius 1 is 0.358 bits per heavy atom. The van der Waals surface area contributed by atoms with Gasteiger partial charge in [0.2, 0.25) is 0 Å². The fraction of sp³-hybridized carbons (Fsp3) is 0.0196. The van der Waals surface area contributed by atoms with E-state index in [-0.39, 0.29) is 0 Å². The number of para-hydroxylation sites is 1. The molecule has 0 spiro atoms. The third kappa shape index (κ3) is 4.49. The van der Waals surface area contributed by atoms with Gasteiger partial charge in [-0.3, -0.25) is 0 Å². The van der Waals surface area contributed by atoms with Gasteiger partial charge in [0.1, 0.15) is 11.2 Å². The predicted octanol–water partition coefficient (Wildman–Crippen LogP) is 15.2. The van der Waals surface area contributed by atoms with Gasteiger partial charge < -0.3 is 4.42 Å². The summed E-state index contributed by atoms with van der Waals surface area (Å²) in [4.78, 5) is 2.61. The molecule has 248 valence electrons. The summed E-state index contributed by atoms with van der Waals surface area (Å²) >= 11 is 1.86. The van der Waals surface area contributed by atoms with Gasteiger partial charge in [0.15, 0.2) is 0 Å². The maximum atomic E-state index is 7.04. The monoisotopic (exact) mass is 692 g/mol. The fourth-order valence-corrected chi connectivity index (χ4v) is 9.78. The number of hydrogen-bond donors (Lipinski definition) is 0. The number of hydrogen-bond acceptors (Lipinski definition) is 2. The van der Waals surface area contributed by atoms with Crippen LogP contribution in [0.1, 0.15) is 4.88 Å². The van der Waals surface area contributed by atoms with E-state index in [1.165, 1.54) is 86.2 Å². The molecule has 0 unspecified atom stereocenters. The molecule has 9 aromatic carbocycles. The number of furan rings is 1. The van der Waals surface area contributed by atoms with E-state index >= 15 is 0 Å². The Hall–Kier alpha value is -6.48. The van der Waals surface area contributed by atoms with Gasteiger partial charge in [-0.2, -0.15) is 0 Å². The summed E-state index contributed by atoms with van der Waals surface area (Å²) in [5.41, 5.74) is 10.3. The van der Waals surface area contributed by atoms with Crippen molar-refractivity contribution in [3.05, 3.63) is 181 Å². The molecule has 0 saturated carbocycles. The van der Waals surface area contributed by atoms with Crippen LogP contribution in [0.2, 0.25) is 0 Å². The molecule has 2 heteroatoms. The molecule has 0 fully saturated rings. The van der Waals surface area contributed by atoms with Crippen LogP contribution in [0.4, 0.5) is 0 Å². The number of fused-ring (bicyclic) bond motifs is 7. The van der Waals surface area contributed by atoms with Gasteiger partial charge in [0.25, 0.3) is 0 Å². The molecule has 11 rings (SSSR count). The van der Waals surface area contributed by atoms with Crippen LogP contribution < -0.4 is 0 Å². The second kappa shape index (κ2) is 11.8. The summed E-state index contributed by atoms with van der Waals surface area (Å²) in [7, 11) is 0. The van der Waals surface area contributed by atoms with Crippen molar-refractivity contribution in [3.8, 4) is 43.8 Å². The lowest BCUT2D eigenvalue weighted by atomic mass is 9.84. The number of benzene rings is 9. The lowest BCUT2D eigenvalue weighted by Gasteiger charge is -2.18. The predicted molar refractivity (Wildman–Crippen MR) is 228 cm³/mol. The van der Waals surface area contributed by atoms with Crippen molar-refractivity contribution in [2.75, 3.05) is 0 Å². The van der Waals surface area contributed by atoms with Crippen molar-refractivity contribution in [2.24, 2.45) is 0 Å². The fourth-order valence-electron chi connectivity index (χ4n) is 8.84. The van der Waals surface area contributed by atoms with Crippen LogP contribution in [-0.2, 0) is 0 Å². The van der Waals surface area contributed by atoms with E-state index in [4.69, 9.17) is 4.42 Å². The van der Waals surface area contributed by atoms with Gasteiger partial charge >= 0.3 is 0 Å². The first kappa shape index (κ1) is 30.2. The van der Waals surface area contributed by atoms with E-state index < -0.39 is 0 Å². The maximum Gasteiger partial charge on any atom is 0.143 e. The highest BCUT2D eigenvalue weighted by Gasteiger charge is 2.23. The van der Waals surface area contributed by atoms with Crippen LogP contribution in [0.3, 0.4) is 0 Å². The largest absolute Gasteiger partial charge is 0.455 e. The lowest BCUT2D eigenvalue weighted by Crippen LogP contribution is -1.91. The molecule has 0 aliphatic rings. The van der Waals surface area contributed by atoms with Crippen molar-refractivity contribution in [1.29, 1.82) is 0 Å². The molecule has 11 aromatic rings. The van der Waals surface area contributed by atoms with E-state index in [9.17, 15) is 0 Å². The molecule has 0 aliphatic carbocycles. The molecule has 0 radical (unpaired) electrons. The zero-order valence-electron chi connectivity index (χ0n) is 29.1. The van der Waals surface area contributed by atoms with E-state index in [1.807, 2.05) is 11.3 Å². The van der Waals surface area contributed by atoms with E-state index in [0.29, 0.717) is 0 Å². The van der Waals surface area contributed by atoms with Gasteiger partial charge in [0.05, 0.1) is 0 Å². The average Bonchev–Trinajstić information content (AvgIpc) is 3.82. The third-order valence-corrected chi connectivity index (χ3v) is 12.0. The second-order valence-corrected chi connectivity index (χ2v) is 15.2. The first-order chi connectivity index (χ1) is 26.2. The molecular formula is C51H32OS. The highest BCUT2D eigenvalue weighted by Crippen LogP contribution is 2.50. The minimum absolute atomic E-state index is 0.893. The van der Waals surface area contributed by atoms with Crippen LogP contribution in [-0.4, -0.2) is 0 Å². The summed E-state index contributed by atoms with van der Waals surface area (Å²) in [5, 5.41) is 12.2. The second-order valence-electron chi connectivity index (χ2n) is 13.9. The molecule has 2 heterocycles. The highest BCUT2D eigenvalue weighted by molar-refractivity contribution is 7.15. The van der Waals surface area contributed by atoms with Crippen molar-refractivity contribution in [2.45, 2.75) is 6.92 Å². The summed E-state index contributed by atoms with van der Waals surface area (Å²) in [6, 6.07) is 64.1. The van der Waals surface area contributed by atoms with Crippen LogP contribution in [0.25, 0.3) is 109 Å². The minimum Gasteiger partial charge on any atom is -0.455 e. The SMILES string of the molecule is Cc1ccc(-c2c3ccccc3c(-c3cccc4c3oc3cccc(-c5c6ccccc6c(-c6ccccc6)c6ccccc56)c34)c3ccccc23)s1. The zero-order chi connectivity index (χ0) is 35.0. The molecular weight excluding hydrogens is 661 g/mol. The molecule has 0 aliphatic heterocycles. The van der Waals surface area contributed by atoms with Crippen LogP contribution in [0, 0.1) is 6.92 Å². The normalized spacial score (nSPS) is 11.9. The van der Waals surface area contributed by atoms with Gasteiger partial charge in [-0.15, -0.1) is 11.3 Å². The summed E-state index contributed by atoms with van der Waals surface area (Å²) < 4.78 is 7.04. The first-order valence-electron chi connectivity index (χ1n) is 18.2. The molecule has 1 nitrogen and oxygen atoms in total. The maximum absolute atomic E-state index is 7.04. The summed E-state index contributed by atoms with van der Waals surface area (Å²) in [6.45, 7) is 2.19. The molecule has 0 bridgehead atoms. The first-order valence-corrected chi connectivity index (χ1v) is 19.0. The molecule has 2 aromatic heterocycles. The number of rotatable bonds is 4. The molecule has 0 N–H and O–H groups in total. The number of aryl methyl sites for hydroxylation is 1. The van der Waals surface area contributed by atoms with Crippen molar-refractivity contribution < 1.29 is 4.42 Å². The van der Waals surface area contributed by atoms with Gasteiger partial charge in [-0.05, 0) is 90.5 Å². The Morgan fingerprint density at radius 2 is 0.811 bits per heavy atom. The highest BCUT2D eigenvalue weighted by atomic mass is 32.1. The molecule has 0 atom stereocenters. The third-order valence-electron chi connectivity index (χ3n) is 11.0. The van der Waals surface area contributed by atoms with E-state index in [1.54, 1.807) is 0 Å². The van der Waals surface area contributed by atoms with Crippen LogP contribution in [0.15, 0.2) is 180 Å². The van der Waals surface area contributed by atoms with Crippen molar-refractivity contribution >= 4 is 76.4 Å². The molecule has 0 amide bonds. The van der Waals surface area contributed by atoms with E-state index in [0.717, 1.165) is 27.5 Å². The van der Waals surface area contributed by atoms with Crippen molar-refractivity contribution in [1.82, 2.24) is 0 Å². The quantitative estimate of drug-likeness (QED) is 0.167. The van der Waals surface area contributed by atoms with Gasteiger partial charge in [-0.1, -0.05) is 158 Å². The van der Waals surface area contributed by atoms with Gasteiger partial charge in [-0.25, -0.2) is 0 Å². The summed E-state index contributed by atoms with van der Waals surface area (Å²) in [6.07, 6.45) is 0. The minimum atomic E-state index is 0.893.